The first-order valence-electron chi connectivity index (χ1n) is 6.19. The van der Waals surface area contributed by atoms with Gasteiger partial charge < -0.3 is 9.73 Å². The van der Waals surface area contributed by atoms with E-state index in [9.17, 15) is 4.39 Å². The van der Waals surface area contributed by atoms with E-state index < -0.39 is 0 Å². The minimum absolute atomic E-state index is 0.201. The zero-order chi connectivity index (χ0) is 13.1. The Kier molecular flexibility index (Phi) is 3.82. The molecule has 0 aliphatic heterocycles. The van der Waals surface area contributed by atoms with Gasteiger partial charge in [0.2, 0.25) is 0 Å². The monoisotopic (exact) mass is 247 g/mol. The smallest absolute Gasteiger partial charge is 0.134 e. The van der Waals surface area contributed by atoms with E-state index in [2.05, 4.69) is 12.2 Å². The molecule has 1 aromatic carbocycles. The minimum atomic E-state index is -0.241. The Balaban J connectivity index is 2.37. The van der Waals surface area contributed by atoms with Crippen molar-refractivity contribution in [2.45, 2.75) is 26.3 Å². The van der Waals surface area contributed by atoms with Crippen LogP contribution in [0.5, 0.6) is 0 Å². The third-order valence-corrected chi connectivity index (χ3v) is 3.19. The van der Waals surface area contributed by atoms with Crippen LogP contribution in [0.4, 0.5) is 4.39 Å². The number of halogens is 1. The summed E-state index contributed by atoms with van der Waals surface area (Å²) in [6.07, 6.45) is 0.950. The molecular weight excluding hydrogens is 229 g/mol. The molecule has 0 aliphatic rings. The van der Waals surface area contributed by atoms with Crippen molar-refractivity contribution >= 4 is 0 Å². The normalized spacial score (nSPS) is 12.7. The van der Waals surface area contributed by atoms with E-state index >= 15 is 0 Å². The zero-order valence-corrected chi connectivity index (χ0v) is 11.0. The number of benzene rings is 1. The molecule has 1 unspecified atom stereocenters. The van der Waals surface area contributed by atoms with Crippen LogP contribution in [-0.2, 0) is 0 Å². The molecule has 0 bridgehead atoms. The number of furan rings is 1. The molecule has 1 N–H and O–H groups in total. The Bertz CT molecular complexity index is 529. The van der Waals surface area contributed by atoms with Crippen LogP contribution in [0.2, 0.25) is 0 Å². The van der Waals surface area contributed by atoms with E-state index in [1.165, 1.54) is 12.1 Å². The predicted molar refractivity (Wildman–Crippen MR) is 70.9 cm³/mol. The van der Waals surface area contributed by atoms with E-state index in [1.807, 2.05) is 26.1 Å². The van der Waals surface area contributed by atoms with Gasteiger partial charge in [0.05, 0.1) is 6.04 Å². The van der Waals surface area contributed by atoms with Crippen molar-refractivity contribution in [3.63, 3.8) is 0 Å². The molecule has 0 aliphatic carbocycles. The second-order valence-electron chi connectivity index (χ2n) is 4.41. The zero-order valence-electron chi connectivity index (χ0n) is 11.0. The van der Waals surface area contributed by atoms with E-state index in [4.69, 9.17) is 4.42 Å². The molecular formula is C15H18FNO. The lowest BCUT2D eigenvalue weighted by Crippen LogP contribution is -2.14. The lowest BCUT2D eigenvalue weighted by molar-refractivity contribution is 0.431. The molecule has 0 amide bonds. The topological polar surface area (TPSA) is 25.2 Å². The predicted octanol–water partition coefficient (Wildman–Crippen LogP) is 4.06. The molecule has 18 heavy (non-hydrogen) atoms. The fraction of sp³-hybridized carbons (Fsp3) is 0.333. The van der Waals surface area contributed by atoms with Crippen LogP contribution in [0.3, 0.4) is 0 Å². The number of hydrogen-bond acceptors (Lipinski definition) is 2. The number of aryl methyl sites for hydroxylation is 1. The molecule has 1 aromatic heterocycles. The van der Waals surface area contributed by atoms with Gasteiger partial charge in [-0.05, 0) is 50.2 Å². The van der Waals surface area contributed by atoms with Crippen molar-refractivity contribution in [3.8, 4) is 11.3 Å². The highest BCUT2D eigenvalue weighted by atomic mass is 19.1. The average Bonchev–Trinajstić information content (AvgIpc) is 2.83. The molecule has 2 rings (SSSR count). The molecule has 0 saturated carbocycles. The first kappa shape index (κ1) is 12.8. The maximum absolute atomic E-state index is 13.3. The standard InChI is InChI=1S/C15H18FNO/c1-4-13(17-3)15-8-7-14(18-15)12-9-11(16)6-5-10(12)2/h5-9,13,17H,4H2,1-3H3. The van der Waals surface area contributed by atoms with Crippen molar-refractivity contribution in [3.05, 3.63) is 47.5 Å². The highest BCUT2D eigenvalue weighted by Gasteiger charge is 2.13. The van der Waals surface area contributed by atoms with Crippen molar-refractivity contribution in [2.75, 3.05) is 7.05 Å². The largest absolute Gasteiger partial charge is 0.459 e. The summed E-state index contributed by atoms with van der Waals surface area (Å²) in [6, 6.07) is 8.79. The van der Waals surface area contributed by atoms with Gasteiger partial charge in [-0.15, -0.1) is 0 Å². The molecule has 0 saturated heterocycles. The van der Waals surface area contributed by atoms with Gasteiger partial charge in [0.1, 0.15) is 17.3 Å². The van der Waals surface area contributed by atoms with E-state index in [1.54, 1.807) is 6.07 Å². The number of hydrogen-bond donors (Lipinski definition) is 1. The van der Waals surface area contributed by atoms with Crippen molar-refractivity contribution < 1.29 is 8.81 Å². The fourth-order valence-corrected chi connectivity index (χ4v) is 2.09. The van der Waals surface area contributed by atoms with Gasteiger partial charge >= 0.3 is 0 Å². The maximum Gasteiger partial charge on any atom is 0.134 e. The van der Waals surface area contributed by atoms with Crippen molar-refractivity contribution in [1.82, 2.24) is 5.32 Å². The van der Waals surface area contributed by atoms with Crippen LogP contribution in [-0.4, -0.2) is 7.05 Å². The average molecular weight is 247 g/mol. The fourth-order valence-electron chi connectivity index (χ4n) is 2.09. The second kappa shape index (κ2) is 5.36. The van der Waals surface area contributed by atoms with Crippen LogP contribution in [0.25, 0.3) is 11.3 Å². The summed E-state index contributed by atoms with van der Waals surface area (Å²) >= 11 is 0. The van der Waals surface area contributed by atoms with Gasteiger partial charge in [0.15, 0.2) is 0 Å². The molecule has 1 atom stereocenters. The van der Waals surface area contributed by atoms with Gasteiger partial charge in [0.25, 0.3) is 0 Å². The van der Waals surface area contributed by atoms with Crippen LogP contribution in [0, 0.1) is 12.7 Å². The maximum atomic E-state index is 13.3. The van der Waals surface area contributed by atoms with Gasteiger partial charge in [-0.2, -0.15) is 0 Å². The molecule has 0 radical (unpaired) electrons. The molecule has 1 heterocycles. The summed E-state index contributed by atoms with van der Waals surface area (Å²) in [5.41, 5.74) is 1.82. The van der Waals surface area contributed by atoms with E-state index in [-0.39, 0.29) is 11.9 Å². The lowest BCUT2D eigenvalue weighted by Gasteiger charge is -2.10. The minimum Gasteiger partial charge on any atom is -0.459 e. The molecule has 2 aromatic rings. The third kappa shape index (κ3) is 2.46. The number of rotatable bonds is 4. The summed E-state index contributed by atoms with van der Waals surface area (Å²) in [7, 11) is 1.91. The third-order valence-electron chi connectivity index (χ3n) is 3.19. The van der Waals surface area contributed by atoms with Crippen molar-refractivity contribution in [1.29, 1.82) is 0 Å². The summed E-state index contributed by atoms with van der Waals surface area (Å²) in [5.74, 6) is 1.36. The quantitative estimate of drug-likeness (QED) is 0.881. The SMILES string of the molecule is CCC(NC)c1ccc(-c2cc(F)ccc2C)o1. The molecule has 2 nitrogen and oxygen atoms in total. The summed E-state index contributed by atoms with van der Waals surface area (Å²) in [6.45, 7) is 4.04. The van der Waals surface area contributed by atoms with Crippen LogP contribution in [0.1, 0.15) is 30.7 Å². The van der Waals surface area contributed by atoms with Crippen molar-refractivity contribution in [2.24, 2.45) is 0 Å². The van der Waals surface area contributed by atoms with Crippen LogP contribution >= 0.6 is 0 Å². The molecule has 96 valence electrons. The Morgan fingerprint density at radius 1 is 1.28 bits per heavy atom. The Morgan fingerprint density at radius 3 is 2.72 bits per heavy atom. The molecule has 3 heteroatoms. The first-order valence-corrected chi connectivity index (χ1v) is 6.19. The van der Waals surface area contributed by atoms with Crippen LogP contribution in [0.15, 0.2) is 34.7 Å². The Morgan fingerprint density at radius 2 is 2.06 bits per heavy atom. The van der Waals surface area contributed by atoms with Crippen LogP contribution < -0.4 is 5.32 Å². The molecule has 0 fully saturated rings. The highest BCUT2D eigenvalue weighted by molar-refractivity contribution is 5.62. The lowest BCUT2D eigenvalue weighted by atomic mass is 10.1. The van der Waals surface area contributed by atoms with Gasteiger partial charge in [-0.3, -0.25) is 0 Å². The van der Waals surface area contributed by atoms with Gasteiger partial charge in [-0.1, -0.05) is 13.0 Å². The summed E-state index contributed by atoms with van der Waals surface area (Å²) in [5, 5.41) is 3.19. The van der Waals surface area contributed by atoms with E-state index in [0.717, 1.165) is 29.1 Å². The number of nitrogens with one attached hydrogen (secondary N) is 1. The van der Waals surface area contributed by atoms with E-state index in [0.29, 0.717) is 0 Å². The summed E-state index contributed by atoms with van der Waals surface area (Å²) < 4.78 is 19.1. The molecule has 0 spiro atoms. The Labute approximate surface area is 107 Å². The second-order valence-corrected chi connectivity index (χ2v) is 4.41. The Hall–Kier alpha value is -1.61. The highest BCUT2D eigenvalue weighted by Crippen LogP contribution is 2.29. The first-order chi connectivity index (χ1) is 8.65. The van der Waals surface area contributed by atoms with Gasteiger partial charge in [-0.25, -0.2) is 4.39 Å². The van der Waals surface area contributed by atoms with Gasteiger partial charge in [0, 0.05) is 5.56 Å². The summed E-state index contributed by atoms with van der Waals surface area (Å²) in [4.78, 5) is 0.